The van der Waals surface area contributed by atoms with Gasteiger partial charge in [0, 0.05) is 29.9 Å². The molecule has 2 aromatic carbocycles. The van der Waals surface area contributed by atoms with Crippen molar-refractivity contribution in [3.8, 4) is 5.75 Å². The second kappa shape index (κ2) is 11.2. The largest absolute Gasteiger partial charge is 0.490 e. The molecular weight excluding hydrogens is 500 g/mol. The Balaban J connectivity index is 0.00000304. The fourth-order valence-corrected chi connectivity index (χ4v) is 5.69. The summed E-state index contributed by atoms with van der Waals surface area (Å²) < 4.78 is 16.5. The molecule has 3 heterocycles. The molecule has 5 rings (SSSR count). The van der Waals surface area contributed by atoms with Gasteiger partial charge in [-0.15, -0.1) is 23.7 Å². The van der Waals surface area contributed by atoms with Crippen molar-refractivity contribution in [2.45, 2.75) is 26.4 Å². The van der Waals surface area contributed by atoms with Crippen molar-refractivity contribution in [2.75, 3.05) is 25.6 Å². The van der Waals surface area contributed by atoms with E-state index in [2.05, 4.69) is 22.3 Å². The zero-order chi connectivity index (χ0) is 24.4. The summed E-state index contributed by atoms with van der Waals surface area (Å²) >= 11 is 1.42. The van der Waals surface area contributed by atoms with Gasteiger partial charge in [0.05, 0.1) is 19.3 Å². The molecule has 0 saturated heterocycles. The number of anilines is 1. The highest BCUT2D eigenvalue weighted by Gasteiger charge is 2.30. The third-order valence-electron chi connectivity index (χ3n) is 6.03. The van der Waals surface area contributed by atoms with Crippen LogP contribution in [0.1, 0.15) is 43.8 Å². The number of hydrogen-bond acceptors (Lipinski definition) is 7. The van der Waals surface area contributed by atoms with Crippen LogP contribution in [0.5, 0.6) is 5.75 Å². The number of methoxy groups -OCH3 is 1. The maximum absolute atomic E-state index is 13.1. The molecule has 0 spiro atoms. The lowest BCUT2D eigenvalue weighted by molar-refractivity contribution is 0.0600. The van der Waals surface area contributed by atoms with Gasteiger partial charge >= 0.3 is 5.97 Å². The number of esters is 1. The van der Waals surface area contributed by atoms with Crippen LogP contribution >= 0.6 is 23.7 Å². The number of amides is 1. The summed E-state index contributed by atoms with van der Waals surface area (Å²) in [5.41, 5.74) is 3.15. The van der Waals surface area contributed by atoms with Gasteiger partial charge in [-0.3, -0.25) is 9.69 Å². The van der Waals surface area contributed by atoms with E-state index < -0.39 is 11.9 Å². The number of benzene rings is 2. The molecular formula is C27H27ClN2O5S. The quantitative estimate of drug-likeness (QED) is 0.301. The number of carbonyl (C=O) groups excluding carboxylic acids is 2. The molecule has 0 atom stereocenters. The van der Waals surface area contributed by atoms with Crippen LogP contribution in [-0.4, -0.2) is 37.0 Å². The van der Waals surface area contributed by atoms with Crippen LogP contribution in [0.25, 0.3) is 11.0 Å². The van der Waals surface area contributed by atoms with Crippen molar-refractivity contribution >= 4 is 51.6 Å². The van der Waals surface area contributed by atoms with Gasteiger partial charge in [-0.1, -0.05) is 42.5 Å². The first-order valence-electron chi connectivity index (χ1n) is 11.5. The average molecular weight is 527 g/mol. The SMILES string of the molecule is CCOc1cccc2cc(C(=O)Nc3sc4c(c3C(=O)OC)CCN(Cc3ccccc3)C4)oc12.Cl. The van der Waals surface area contributed by atoms with Gasteiger partial charge in [0.15, 0.2) is 17.1 Å². The number of hydrogen-bond donors (Lipinski definition) is 1. The zero-order valence-electron chi connectivity index (χ0n) is 20.0. The van der Waals surface area contributed by atoms with Crippen molar-refractivity contribution in [3.63, 3.8) is 0 Å². The van der Waals surface area contributed by atoms with Crippen LogP contribution in [0.3, 0.4) is 0 Å². The van der Waals surface area contributed by atoms with Crippen molar-refractivity contribution in [3.05, 3.63) is 81.9 Å². The molecule has 0 aliphatic carbocycles. The molecule has 0 bridgehead atoms. The first kappa shape index (κ1) is 25.8. The van der Waals surface area contributed by atoms with Gasteiger partial charge in [0.2, 0.25) is 0 Å². The maximum Gasteiger partial charge on any atom is 0.341 e. The van der Waals surface area contributed by atoms with Crippen molar-refractivity contribution in [1.82, 2.24) is 4.90 Å². The van der Waals surface area contributed by atoms with E-state index in [9.17, 15) is 9.59 Å². The molecule has 36 heavy (non-hydrogen) atoms. The van der Waals surface area contributed by atoms with Crippen molar-refractivity contribution in [2.24, 2.45) is 0 Å². The Morgan fingerprint density at radius 1 is 1.14 bits per heavy atom. The maximum atomic E-state index is 13.1. The monoisotopic (exact) mass is 526 g/mol. The second-order valence-corrected chi connectivity index (χ2v) is 9.42. The minimum atomic E-state index is -0.447. The van der Waals surface area contributed by atoms with Crippen LogP contribution in [-0.2, 0) is 24.2 Å². The molecule has 1 aliphatic rings. The molecule has 0 saturated carbocycles. The Morgan fingerprint density at radius 3 is 2.69 bits per heavy atom. The number of rotatable bonds is 7. The number of furan rings is 1. The van der Waals surface area contributed by atoms with E-state index >= 15 is 0 Å². The second-order valence-electron chi connectivity index (χ2n) is 8.32. The molecule has 7 nitrogen and oxygen atoms in total. The first-order valence-corrected chi connectivity index (χ1v) is 12.3. The summed E-state index contributed by atoms with van der Waals surface area (Å²) in [7, 11) is 1.36. The fraction of sp³-hybridized carbons (Fsp3) is 0.259. The van der Waals surface area contributed by atoms with Gasteiger partial charge in [-0.25, -0.2) is 4.79 Å². The predicted octanol–water partition coefficient (Wildman–Crippen LogP) is 5.91. The number of carbonyl (C=O) groups is 2. The standard InChI is InChI=1S/C27H26N2O5S.ClH/c1-3-33-20-11-7-10-18-14-21(34-24(18)20)25(30)28-26-23(27(31)32-2)19-12-13-29(16-22(19)35-26)15-17-8-5-4-6-9-17;/h4-11,14H,3,12-13,15-16H2,1-2H3,(H,28,30);1H. The van der Waals surface area contributed by atoms with E-state index in [1.165, 1.54) is 24.0 Å². The van der Waals surface area contributed by atoms with Gasteiger partial charge < -0.3 is 19.2 Å². The van der Waals surface area contributed by atoms with Gasteiger partial charge in [-0.05, 0) is 36.6 Å². The van der Waals surface area contributed by atoms with Crippen LogP contribution in [0.15, 0.2) is 59.0 Å². The first-order chi connectivity index (χ1) is 17.1. The molecule has 1 N–H and O–H groups in total. The Labute approximate surface area is 219 Å². The van der Waals surface area contributed by atoms with Crippen molar-refractivity contribution in [1.29, 1.82) is 0 Å². The van der Waals surface area contributed by atoms with Crippen LogP contribution in [0.2, 0.25) is 0 Å². The Bertz CT molecular complexity index is 1380. The lowest BCUT2D eigenvalue weighted by atomic mass is 10.0. The Hall–Kier alpha value is -3.33. The van der Waals surface area contributed by atoms with Gasteiger partial charge in [0.1, 0.15) is 5.00 Å². The molecule has 188 valence electrons. The smallest absolute Gasteiger partial charge is 0.341 e. The molecule has 1 amide bonds. The third-order valence-corrected chi connectivity index (χ3v) is 7.17. The molecule has 0 radical (unpaired) electrons. The van der Waals surface area contributed by atoms with E-state index in [-0.39, 0.29) is 18.2 Å². The van der Waals surface area contributed by atoms with E-state index in [0.29, 0.717) is 41.5 Å². The normalized spacial score (nSPS) is 13.1. The number of ether oxygens (including phenoxy) is 2. The number of thiophene rings is 1. The molecule has 2 aromatic heterocycles. The third kappa shape index (κ3) is 5.11. The summed E-state index contributed by atoms with van der Waals surface area (Å²) in [5.74, 6) is -0.129. The summed E-state index contributed by atoms with van der Waals surface area (Å²) in [6.07, 6.45) is 0.710. The number of halogens is 1. The fourth-order valence-electron chi connectivity index (χ4n) is 4.42. The summed E-state index contributed by atoms with van der Waals surface area (Å²) in [6, 6.07) is 17.5. The molecule has 0 fully saturated rings. The van der Waals surface area contributed by atoms with E-state index in [1.54, 1.807) is 12.1 Å². The van der Waals surface area contributed by atoms with E-state index in [1.807, 2.05) is 37.3 Å². The molecule has 9 heteroatoms. The zero-order valence-corrected chi connectivity index (χ0v) is 21.7. The highest BCUT2D eigenvalue weighted by atomic mass is 35.5. The highest BCUT2D eigenvalue weighted by molar-refractivity contribution is 7.17. The lowest BCUT2D eigenvalue weighted by Crippen LogP contribution is -2.29. The van der Waals surface area contributed by atoms with Gasteiger partial charge in [-0.2, -0.15) is 0 Å². The van der Waals surface area contributed by atoms with E-state index in [0.717, 1.165) is 28.9 Å². The summed E-state index contributed by atoms with van der Waals surface area (Å²) in [5, 5.41) is 4.16. The Morgan fingerprint density at radius 2 is 1.94 bits per heavy atom. The topological polar surface area (TPSA) is 81.0 Å². The average Bonchev–Trinajstić information content (AvgIpc) is 3.46. The predicted molar refractivity (Wildman–Crippen MR) is 143 cm³/mol. The van der Waals surface area contributed by atoms with Crippen LogP contribution < -0.4 is 10.1 Å². The highest BCUT2D eigenvalue weighted by Crippen LogP contribution is 2.38. The number of nitrogens with one attached hydrogen (secondary N) is 1. The minimum Gasteiger partial charge on any atom is -0.490 e. The molecule has 0 unspecified atom stereocenters. The van der Waals surface area contributed by atoms with Crippen LogP contribution in [0, 0.1) is 0 Å². The number of fused-ring (bicyclic) bond motifs is 2. The Kier molecular flexibility index (Phi) is 7.98. The number of nitrogens with zero attached hydrogens (tertiary/aromatic N) is 1. The summed E-state index contributed by atoms with van der Waals surface area (Å²) in [6.45, 7) is 4.74. The van der Waals surface area contributed by atoms with Crippen molar-refractivity contribution < 1.29 is 23.5 Å². The molecule has 4 aromatic rings. The van der Waals surface area contributed by atoms with Crippen LogP contribution in [0.4, 0.5) is 5.00 Å². The van der Waals surface area contributed by atoms with Gasteiger partial charge in [0.25, 0.3) is 5.91 Å². The summed E-state index contributed by atoms with van der Waals surface area (Å²) in [4.78, 5) is 29.2. The molecule has 1 aliphatic heterocycles. The van der Waals surface area contributed by atoms with E-state index in [4.69, 9.17) is 13.9 Å². The lowest BCUT2D eigenvalue weighted by Gasteiger charge is -2.27. The minimum absolute atomic E-state index is 0. The number of para-hydroxylation sites is 1.